The van der Waals surface area contributed by atoms with Crippen molar-refractivity contribution in [2.24, 2.45) is 0 Å². The van der Waals surface area contributed by atoms with Crippen LogP contribution in [0.1, 0.15) is 24.3 Å². The van der Waals surface area contributed by atoms with Gasteiger partial charge in [0.25, 0.3) is 5.91 Å². The van der Waals surface area contributed by atoms with Crippen LogP contribution in [0, 0.1) is 0 Å². The maximum Gasteiger partial charge on any atom is 0.323 e. The van der Waals surface area contributed by atoms with Gasteiger partial charge < -0.3 is 19.9 Å². The normalized spacial score (nSPS) is 10.4. The van der Waals surface area contributed by atoms with Crippen LogP contribution in [0.5, 0.6) is 0 Å². The lowest BCUT2D eigenvalue weighted by Gasteiger charge is -2.18. The monoisotopic (exact) mass is 281 g/mol. The molecule has 0 aromatic carbocycles. The van der Waals surface area contributed by atoms with Gasteiger partial charge in [-0.2, -0.15) is 0 Å². The summed E-state index contributed by atoms with van der Waals surface area (Å²) in [5.41, 5.74) is 0.243. The standard InChI is InChI=1S/C13H19N3O4/c1-9(2)14-11(17)7-15(3)13(20)10-5-4-6-16(10)8-12(18)19/h4-6,9H,7-8H2,1-3H3,(H,14,17)(H,18,19). The third kappa shape index (κ3) is 4.42. The third-order valence-corrected chi connectivity index (χ3v) is 2.53. The second kappa shape index (κ2) is 6.74. The Kier molecular flexibility index (Phi) is 5.31. The molecule has 0 radical (unpaired) electrons. The van der Waals surface area contributed by atoms with E-state index in [-0.39, 0.29) is 30.7 Å². The summed E-state index contributed by atoms with van der Waals surface area (Å²) in [6.07, 6.45) is 1.52. The van der Waals surface area contributed by atoms with Crippen LogP contribution in [-0.4, -0.2) is 52.0 Å². The molecule has 0 bridgehead atoms. The molecule has 0 atom stereocenters. The Balaban J connectivity index is 2.72. The Morgan fingerprint density at radius 1 is 1.40 bits per heavy atom. The fourth-order valence-electron chi connectivity index (χ4n) is 1.74. The SMILES string of the molecule is CC(C)NC(=O)CN(C)C(=O)c1cccn1CC(=O)O. The first kappa shape index (κ1) is 15.7. The first-order chi connectivity index (χ1) is 9.31. The Hall–Kier alpha value is -2.31. The number of likely N-dealkylation sites (N-methyl/N-ethyl adjacent to an activating group) is 1. The molecule has 1 rings (SSSR count). The van der Waals surface area contributed by atoms with Crippen LogP contribution in [0.4, 0.5) is 0 Å². The first-order valence-corrected chi connectivity index (χ1v) is 6.23. The van der Waals surface area contributed by atoms with Crippen LogP contribution in [-0.2, 0) is 16.1 Å². The highest BCUT2D eigenvalue weighted by molar-refractivity contribution is 5.95. The summed E-state index contributed by atoms with van der Waals surface area (Å²) in [6.45, 7) is 3.30. The lowest BCUT2D eigenvalue weighted by atomic mass is 10.3. The molecule has 0 fully saturated rings. The quantitative estimate of drug-likeness (QED) is 0.777. The van der Waals surface area contributed by atoms with Crippen molar-refractivity contribution in [3.63, 3.8) is 0 Å². The third-order valence-electron chi connectivity index (χ3n) is 2.53. The molecule has 1 aromatic rings. The van der Waals surface area contributed by atoms with Crippen molar-refractivity contribution in [2.75, 3.05) is 13.6 Å². The van der Waals surface area contributed by atoms with E-state index in [9.17, 15) is 14.4 Å². The number of nitrogens with one attached hydrogen (secondary N) is 1. The molecule has 0 spiro atoms. The number of carbonyl (C=O) groups is 3. The number of carboxylic acids is 1. The maximum atomic E-state index is 12.2. The fourth-order valence-corrected chi connectivity index (χ4v) is 1.74. The average molecular weight is 281 g/mol. The van der Waals surface area contributed by atoms with Crippen LogP contribution < -0.4 is 5.32 Å². The highest BCUT2D eigenvalue weighted by Crippen LogP contribution is 2.06. The fraction of sp³-hybridized carbons (Fsp3) is 0.462. The number of aliphatic carboxylic acids is 1. The lowest BCUT2D eigenvalue weighted by Crippen LogP contribution is -2.41. The summed E-state index contributed by atoms with van der Waals surface area (Å²) in [6, 6.07) is 3.13. The minimum atomic E-state index is -1.03. The highest BCUT2D eigenvalue weighted by atomic mass is 16.4. The van der Waals surface area contributed by atoms with E-state index in [4.69, 9.17) is 5.11 Å². The van der Waals surface area contributed by atoms with E-state index in [0.29, 0.717) is 0 Å². The summed E-state index contributed by atoms with van der Waals surface area (Å²) in [5, 5.41) is 11.5. The molecule has 2 N–H and O–H groups in total. The molecule has 7 nitrogen and oxygen atoms in total. The molecule has 0 aliphatic rings. The number of carboxylic acid groups (broad SMARTS) is 1. The van der Waals surface area contributed by atoms with E-state index >= 15 is 0 Å². The Bertz CT molecular complexity index is 507. The number of amides is 2. The van der Waals surface area contributed by atoms with E-state index in [0.717, 1.165) is 0 Å². The second-order valence-electron chi connectivity index (χ2n) is 4.80. The van der Waals surface area contributed by atoms with Crippen LogP contribution in [0.15, 0.2) is 18.3 Å². The molecule has 110 valence electrons. The zero-order valence-corrected chi connectivity index (χ0v) is 11.8. The van der Waals surface area contributed by atoms with Gasteiger partial charge in [-0.1, -0.05) is 0 Å². The Labute approximate surface area is 117 Å². The highest BCUT2D eigenvalue weighted by Gasteiger charge is 2.19. The van der Waals surface area contributed by atoms with Gasteiger partial charge in [0.1, 0.15) is 12.2 Å². The van der Waals surface area contributed by atoms with Gasteiger partial charge >= 0.3 is 5.97 Å². The summed E-state index contributed by atoms with van der Waals surface area (Å²) in [5.74, 6) is -1.68. The molecule has 0 unspecified atom stereocenters. The van der Waals surface area contributed by atoms with Crippen LogP contribution >= 0.6 is 0 Å². The van der Waals surface area contributed by atoms with Gasteiger partial charge in [-0.15, -0.1) is 0 Å². The molecule has 0 saturated heterocycles. The Morgan fingerprint density at radius 2 is 2.05 bits per heavy atom. The predicted octanol–water partition coefficient (Wildman–Crippen LogP) is 0.169. The van der Waals surface area contributed by atoms with E-state index in [1.54, 1.807) is 6.07 Å². The zero-order valence-electron chi connectivity index (χ0n) is 11.8. The van der Waals surface area contributed by atoms with Crippen molar-refractivity contribution in [1.82, 2.24) is 14.8 Å². The van der Waals surface area contributed by atoms with Crippen molar-refractivity contribution in [3.05, 3.63) is 24.0 Å². The minimum absolute atomic E-state index is 0.00173. The molecular formula is C13H19N3O4. The van der Waals surface area contributed by atoms with Gasteiger partial charge in [-0.3, -0.25) is 14.4 Å². The summed E-state index contributed by atoms with van der Waals surface area (Å²) in [4.78, 5) is 35.7. The molecule has 20 heavy (non-hydrogen) atoms. The van der Waals surface area contributed by atoms with Gasteiger partial charge in [-0.05, 0) is 26.0 Å². The number of rotatable bonds is 6. The second-order valence-corrected chi connectivity index (χ2v) is 4.80. The molecule has 1 heterocycles. The van der Waals surface area contributed by atoms with Crippen molar-refractivity contribution < 1.29 is 19.5 Å². The molecule has 0 aliphatic heterocycles. The van der Waals surface area contributed by atoms with Gasteiger partial charge in [0.15, 0.2) is 0 Å². The summed E-state index contributed by atoms with van der Waals surface area (Å²) in [7, 11) is 1.50. The van der Waals surface area contributed by atoms with Crippen molar-refractivity contribution >= 4 is 17.8 Å². The largest absolute Gasteiger partial charge is 0.480 e. The van der Waals surface area contributed by atoms with Gasteiger partial charge in [0.05, 0.1) is 6.54 Å². The van der Waals surface area contributed by atoms with E-state index in [1.807, 2.05) is 13.8 Å². The predicted molar refractivity (Wildman–Crippen MR) is 72.3 cm³/mol. The van der Waals surface area contributed by atoms with Crippen molar-refractivity contribution in [3.8, 4) is 0 Å². The number of hydrogen-bond acceptors (Lipinski definition) is 3. The Morgan fingerprint density at radius 3 is 2.60 bits per heavy atom. The lowest BCUT2D eigenvalue weighted by molar-refractivity contribution is -0.137. The molecule has 7 heteroatoms. The van der Waals surface area contributed by atoms with Crippen molar-refractivity contribution in [1.29, 1.82) is 0 Å². The van der Waals surface area contributed by atoms with Gasteiger partial charge in [0.2, 0.25) is 5.91 Å². The number of hydrogen-bond donors (Lipinski definition) is 2. The van der Waals surface area contributed by atoms with E-state index < -0.39 is 11.9 Å². The molecule has 2 amide bonds. The maximum absolute atomic E-state index is 12.2. The zero-order chi connectivity index (χ0) is 15.3. The van der Waals surface area contributed by atoms with Crippen LogP contribution in [0.25, 0.3) is 0 Å². The molecule has 0 saturated carbocycles. The minimum Gasteiger partial charge on any atom is -0.480 e. The molecular weight excluding hydrogens is 262 g/mol. The number of nitrogens with zero attached hydrogens (tertiary/aromatic N) is 2. The van der Waals surface area contributed by atoms with Crippen LogP contribution in [0.3, 0.4) is 0 Å². The molecule has 0 aliphatic carbocycles. The van der Waals surface area contributed by atoms with E-state index in [1.165, 1.54) is 28.8 Å². The van der Waals surface area contributed by atoms with Crippen molar-refractivity contribution in [2.45, 2.75) is 26.4 Å². The van der Waals surface area contributed by atoms with Crippen LogP contribution in [0.2, 0.25) is 0 Å². The molecule has 1 aromatic heterocycles. The average Bonchev–Trinajstić information content (AvgIpc) is 2.73. The number of aromatic nitrogens is 1. The van der Waals surface area contributed by atoms with Gasteiger partial charge in [0, 0.05) is 19.3 Å². The topological polar surface area (TPSA) is 91.6 Å². The first-order valence-electron chi connectivity index (χ1n) is 6.23. The summed E-state index contributed by atoms with van der Waals surface area (Å²) >= 11 is 0. The van der Waals surface area contributed by atoms with E-state index in [2.05, 4.69) is 5.32 Å². The smallest absolute Gasteiger partial charge is 0.323 e. The summed E-state index contributed by atoms with van der Waals surface area (Å²) < 4.78 is 1.33. The number of carbonyl (C=O) groups excluding carboxylic acids is 2. The van der Waals surface area contributed by atoms with Gasteiger partial charge in [-0.25, -0.2) is 0 Å².